The lowest BCUT2D eigenvalue weighted by Crippen LogP contribution is -2.53. The Balaban J connectivity index is 4.86. The fourth-order valence-electron chi connectivity index (χ4n) is 3.17. The highest BCUT2D eigenvalue weighted by Crippen LogP contribution is 2.29. The number of rotatable bonds is 14. The zero-order valence-electron chi connectivity index (χ0n) is 19.8. The van der Waals surface area contributed by atoms with Gasteiger partial charge in [-0.25, -0.2) is 0 Å². The molecule has 11 heteroatoms. The molecule has 6 nitrogen and oxygen atoms in total. The van der Waals surface area contributed by atoms with E-state index in [1.54, 1.807) is 21.3 Å². The van der Waals surface area contributed by atoms with E-state index in [0.29, 0.717) is 0 Å². The Morgan fingerprint density at radius 1 is 0.444 bits per heavy atom. The quantitative estimate of drug-likeness (QED) is 0.336. The van der Waals surface area contributed by atoms with Crippen LogP contribution in [0.2, 0.25) is 76.6 Å². The largest absolute Gasteiger partial charge is 0.499 e. The Morgan fingerprint density at radius 3 is 1.11 bits per heavy atom. The van der Waals surface area contributed by atoms with E-state index < -0.39 is 42.3 Å². The van der Waals surface area contributed by atoms with Crippen LogP contribution in [-0.2, 0) is 25.9 Å². The van der Waals surface area contributed by atoms with Gasteiger partial charge in [-0.05, 0) is 70.5 Å². The summed E-state index contributed by atoms with van der Waals surface area (Å²) < 4.78 is 35.7. The van der Waals surface area contributed by atoms with Crippen molar-refractivity contribution in [2.75, 3.05) is 28.4 Å². The summed E-state index contributed by atoms with van der Waals surface area (Å²) in [4.78, 5) is 0. The van der Waals surface area contributed by atoms with Crippen molar-refractivity contribution in [2.24, 2.45) is 0 Å². The molecule has 0 radical (unpaired) electrons. The van der Waals surface area contributed by atoms with Crippen molar-refractivity contribution in [1.29, 1.82) is 0 Å². The van der Waals surface area contributed by atoms with Crippen LogP contribution in [0.4, 0.5) is 0 Å². The maximum absolute atomic E-state index is 6.69. The smallest absolute Gasteiger partial charge is 0.437 e. The molecule has 0 saturated carbocycles. The second-order valence-corrected chi connectivity index (χ2v) is 29.4. The fourth-order valence-corrected chi connectivity index (χ4v) is 24.9. The molecule has 0 fully saturated rings. The van der Waals surface area contributed by atoms with E-state index in [1.165, 1.54) is 0 Å². The Labute approximate surface area is 173 Å². The van der Waals surface area contributed by atoms with Crippen LogP contribution in [0.15, 0.2) is 0 Å². The van der Waals surface area contributed by atoms with Crippen LogP contribution in [0.3, 0.4) is 0 Å². The van der Waals surface area contributed by atoms with Crippen molar-refractivity contribution in [3.8, 4) is 0 Å². The highest BCUT2D eigenvalue weighted by atomic mass is 28.5. The van der Waals surface area contributed by atoms with E-state index in [2.05, 4.69) is 52.4 Å². The van der Waals surface area contributed by atoms with Crippen molar-refractivity contribution in [2.45, 2.75) is 76.6 Å². The first-order valence-electron chi connectivity index (χ1n) is 9.68. The molecule has 0 spiro atoms. The molecule has 0 atom stereocenters. The summed E-state index contributed by atoms with van der Waals surface area (Å²) in [5, 5.41) is 0. The van der Waals surface area contributed by atoms with Crippen molar-refractivity contribution in [1.82, 2.24) is 0 Å². The molecule has 27 heavy (non-hydrogen) atoms. The fraction of sp³-hybridized carbons (Fsp3) is 1.00. The van der Waals surface area contributed by atoms with Crippen LogP contribution in [0, 0.1) is 0 Å². The third kappa shape index (κ3) is 11.0. The standard InChI is InChI=1S/C16H44O6Si5/c1-17-23(5,6)13-14-24(7,8)21-26(11,12)22-25(9,10)15-16-27(18-2,19-3)20-4/h13-16H2,1-12H3. The van der Waals surface area contributed by atoms with Gasteiger partial charge in [-0.1, -0.05) is 0 Å². The minimum Gasteiger partial charge on any atom is -0.437 e. The van der Waals surface area contributed by atoms with Gasteiger partial charge in [0, 0.05) is 34.5 Å². The molecule has 0 aliphatic rings. The van der Waals surface area contributed by atoms with Gasteiger partial charge in [0.15, 0.2) is 25.0 Å². The van der Waals surface area contributed by atoms with Gasteiger partial charge in [0.2, 0.25) is 0 Å². The molecule has 0 saturated heterocycles. The summed E-state index contributed by atoms with van der Waals surface area (Å²) in [6, 6.07) is 3.96. The molecule has 0 aromatic carbocycles. The summed E-state index contributed by atoms with van der Waals surface area (Å²) >= 11 is 0. The highest BCUT2D eigenvalue weighted by molar-refractivity contribution is 6.88. The summed E-state index contributed by atoms with van der Waals surface area (Å²) in [7, 11) is -3.23. The van der Waals surface area contributed by atoms with Crippen LogP contribution in [0.5, 0.6) is 0 Å². The molecule has 0 unspecified atom stereocenters. The van der Waals surface area contributed by atoms with Gasteiger partial charge < -0.3 is 25.9 Å². The summed E-state index contributed by atoms with van der Waals surface area (Å²) in [6.07, 6.45) is 0. The van der Waals surface area contributed by atoms with Gasteiger partial charge in [-0.3, -0.25) is 0 Å². The molecule has 0 aliphatic carbocycles. The molecular formula is C16H44O6Si5. The van der Waals surface area contributed by atoms with Crippen LogP contribution in [0.1, 0.15) is 0 Å². The zero-order valence-corrected chi connectivity index (χ0v) is 24.8. The van der Waals surface area contributed by atoms with Gasteiger partial charge in [0.05, 0.1) is 0 Å². The predicted octanol–water partition coefficient (Wildman–Crippen LogP) is 4.86. The van der Waals surface area contributed by atoms with Gasteiger partial charge in [-0.2, -0.15) is 0 Å². The van der Waals surface area contributed by atoms with Gasteiger partial charge in [0.1, 0.15) is 0 Å². The van der Waals surface area contributed by atoms with E-state index in [4.69, 9.17) is 25.9 Å². The molecule has 0 bridgehead atoms. The molecule has 0 aromatic rings. The van der Waals surface area contributed by atoms with E-state index in [9.17, 15) is 0 Å². The maximum Gasteiger partial charge on any atom is 0.499 e. The number of hydrogen-bond donors (Lipinski definition) is 0. The number of hydrogen-bond acceptors (Lipinski definition) is 6. The van der Waals surface area contributed by atoms with Crippen LogP contribution < -0.4 is 0 Å². The zero-order chi connectivity index (χ0) is 21.6. The minimum absolute atomic E-state index is 0.772. The van der Waals surface area contributed by atoms with Crippen LogP contribution in [0.25, 0.3) is 0 Å². The van der Waals surface area contributed by atoms with Gasteiger partial charge >= 0.3 is 17.4 Å². The van der Waals surface area contributed by atoms with E-state index in [-0.39, 0.29) is 0 Å². The van der Waals surface area contributed by atoms with Gasteiger partial charge in [0.25, 0.3) is 0 Å². The molecule has 0 heterocycles. The Bertz CT molecular complexity index is 433. The molecule has 0 aliphatic heterocycles. The third-order valence-corrected chi connectivity index (χ3v) is 22.4. The van der Waals surface area contributed by atoms with Crippen molar-refractivity contribution in [3.63, 3.8) is 0 Å². The normalized spacial score (nSPS) is 14.7. The summed E-state index contributed by atoms with van der Waals surface area (Å²) in [6.45, 7) is 18.0. The van der Waals surface area contributed by atoms with Crippen molar-refractivity contribution < 1.29 is 25.9 Å². The van der Waals surface area contributed by atoms with Crippen LogP contribution >= 0.6 is 0 Å². The van der Waals surface area contributed by atoms with Gasteiger partial charge in [-0.15, -0.1) is 0 Å². The first-order valence-corrected chi connectivity index (χ1v) is 23.8. The lowest BCUT2D eigenvalue weighted by Gasteiger charge is -2.40. The first kappa shape index (κ1) is 27.8. The Kier molecular flexibility index (Phi) is 11.1. The molecule has 0 amide bonds. The Morgan fingerprint density at radius 2 is 0.778 bits per heavy atom. The molecule has 0 rings (SSSR count). The second kappa shape index (κ2) is 10.7. The monoisotopic (exact) mass is 472 g/mol. The molecule has 0 aromatic heterocycles. The maximum atomic E-state index is 6.69. The average molecular weight is 473 g/mol. The molecular weight excluding hydrogens is 429 g/mol. The van der Waals surface area contributed by atoms with E-state index in [1.807, 2.05) is 7.11 Å². The SMILES string of the molecule is CO[Si](C)(C)CC[Si](C)(C)O[Si](C)(C)O[Si](C)(C)CC[Si](OC)(OC)OC. The average Bonchev–Trinajstić information content (AvgIpc) is 2.53. The molecule has 164 valence electrons. The third-order valence-electron chi connectivity index (χ3n) is 4.89. The Hall–Kier alpha value is 0.844. The second-order valence-electron chi connectivity index (χ2n) is 9.38. The summed E-state index contributed by atoms with van der Waals surface area (Å²) in [5.41, 5.74) is 0. The minimum atomic E-state index is -2.56. The van der Waals surface area contributed by atoms with E-state index >= 15 is 0 Å². The summed E-state index contributed by atoms with van der Waals surface area (Å²) in [5.74, 6) is 0. The highest BCUT2D eigenvalue weighted by Gasteiger charge is 2.44. The van der Waals surface area contributed by atoms with E-state index in [0.717, 1.165) is 24.2 Å². The first-order chi connectivity index (χ1) is 12.1. The van der Waals surface area contributed by atoms with Crippen molar-refractivity contribution in [3.05, 3.63) is 0 Å². The lowest BCUT2D eigenvalue weighted by atomic mass is 10.9. The lowest BCUT2D eigenvalue weighted by molar-refractivity contribution is 0.125. The van der Waals surface area contributed by atoms with Crippen molar-refractivity contribution >= 4 is 42.3 Å². The predicted molar refractivity (Wildman–Crippen MR) is 125 cm³/mol. The van der Waals surface area contributed by atoms with Crippen LogP contribution in [-0.4, -0.2) is 70.8 Å². The molecule has 0 N–H and O–H groups in total. The topological polar surface area (TPSA) is 55.4 Å².